The minimum atomic E-state index is -0.892. The van der Waals surface area contributed by atoms with Crippen LogP contribution in [0.25, 0.3) is 0 Å². The van der Waals surface area contributed by atoms with E-state index in [1.165, 1.54) is 6.08 Å². The predicted molar refractivity (Wildman–Crippen MR) is 67.3 cm³/mol. The zero-order valence-corrected chi connectivity index (χ0v) is 10.4. The van der Waals surface area contributed by atoms with Gasteiger partial charge in [-0.05, 0) is 30.0 Å². The van der Waals surface area contributed by atoms with Gasteiger partial charge in [0.05, 0.1) is 7.11 Å². The Kier molecular flexibility index (Phi) is 4.76. The van der Waals surface area contributed by atoms with E-state index in [2.05, 4.69) is 0 Å². The van der Waals surface area contributed by atoms with Crippen molar-refractivity contribution in [1.82, 2.24) is 0 Å². The van der Waals surface area contributed by atoms with Crippen LogP contribution >= 0.6 is 0 Å². The predicted octanol–water partition coefficient (Wildman–Crippen LogP) is 2.90. The number of allylic oxidation sites excluding steroid dienone is 1. The molecule has 0 heterocycles. The van der Waals surface area contributed by atoms with Crippen LogP contribution in [0.5, 0.6) is 5.75 Å². The van der Waals surface area contributed by atoms with E-state index >= 15 is 0 Å². The van der Waals surface area contributed by atoms with E-state index in [1.54, 1.807) is 7.11 Å². The molecule has 0 aromatic heterocycles. The van der Waals surface area contributed by atoms with Crippen LogP contribution in [-0.4, -0.2) is 18.2 Å². The average Bonchev–Trinajstić information content (AvgIpc) is 2.27. The van der Waals surface area contributed by atoms with Crippen molar-refractivity contribution < 1.29 is 14.6 Å². The lowest BCUT2D eigenvalue weighted by Crippen LogP contribution is -2.02. The van der Waals surface area contributed by atoms with Crippen molar-refractivity contribution >= 4 is 5.97 Å². The summed E-state index contributed by atoms with van der Waals surface area (Å²) < 4.78 is 5.14. The molecule has 0 saturated carbocycles. The molecule has 0 saturated heterocycles. The Morgan fingerprint density at radius 2 is 2.18 bits per heavy atom. The van der Waals surface area contributed by atoms with Crippen LogP contribution in [0.3, 0.4) is 0 Å². The largest absolute Gasteiger partial charge is 0.497 e. The molecule has 92 valence electrons. The van der Waals surface area contributed by atoms with Crippen LogP contribution in [0.2, 0.25) is 0 Å². The molecule has 1 rings (SSSR count). The van der Waals surface area contributed by atoms with E-state index in [0.717, 1.165) is 16.9 Å². The molecule has 1 N–H and O–H groups in total. The summed E-state index contributed by atoms with van der Waals surface area (Å²) in [5.74, 6) is 0.120. The first-order valence-electron chi connectivity index (χ1n) is 5.59. The Bertz CT molecular complexity index is 419. The van der Waals surface area contributed by atoms with Crippen LogP contribution in [0.1, 0.15) is 19.4 Å². The van der Waals surface area contributed by atoms with Crippen molar-refractivity contribution in [3.8, 4) is 5.75 Å². The number of carboxylic acids is 1. The molecule has 0 aliphatic carbocycles. The fourth-order valence-corrected chi connectivity index (χ4v) is 1.60. The van der Waals surface area contributed by atoms with Crippen molar-refractivity contribution in [1.29, 1.82) is 0 Å². The molecule has 17 heavy (non-hydrogen) atoms. The topological polar surface area (TPSA) is 46.5 Å². The molecule has 0 amide bonds. The minimum Gasteiger partial charge on any atom is -0.497 e. The molecule has 3 heteroatoms. The summed E-state index contributed by atoms with van der Waals surface area (Å²) in [6.07, 6.45) is 1.94. The number of methoxy groups -OCH3 is 1. The summed E-state index contributed by atoms with van der Waals surface area (Å²) in [5.41, 5.74) is 1.97. The van der Waals surface area contributed by atoms with Gasteiger partial charge in [-0.3, -0.25) is 0 Å². The van der Waals surface area contributed by atoms with Crippen molar-refractivity contribution in [2.24, 2.45) is 5.92 Å². The first kappa shape index (κ1) is 13.3. The summed E-state index contributed by atoms with van der Waals surface area (Å²) >= 11 is 0. The third-order valence-electron chi connectivity index (χ3n) is 2.59. The highest BCUT2D eigenvalue weighted by Gasteiger charge is 2.07. The molecule has 0 atom stereocenters. The number of carbonyl (C=O) groups is 1. The average molecular weight is 234 g/mol. The van der Waals surface area contributed by atoms with E-state index in [1.807, 2.05) is 38.1 Å². The first-order valence-corrected chi connectivity index (χ1v) is 5.59. The van der Waals surface area contributed by atoms with Crippen LogP contribution in [0, 0.1) is 5.92 Å². The first-order chi connectivity index (χ1) is 8.02. The number of hydrogen-bond acceptors (Lipinski definition) is 2. The Morgan fingerprint density at radius 3 is 2.71 bits per heavy atom. The number of rotatable bonds is 5. The van der Waals surface area contributed by atoms with E-state index < -0.39 is 5.97 Å². The Labute approximate surface area is 102 Å². The van der Waals surface area contributed by atoms with Gasteiger partial charge < -0.3 is 9.84 Å². The number of hydrogen-bond donors (Lipinski definition) is 1. The molecule has 0 unspecified atom stereocenters. The molecule has 0 aliphatic heterocycles. The van der Waals surface area contributed by atoms with Gasteiger partial charge in [0.1, 0.15) is 5.75 Å². The van der Waals surface area contributed by atoms with Crippen molar-refractivity contribution in [2.75, 3.05) is 7.11 Å². The third-order valence-corrected chi connectivity index (χ3v) is 2.59. The van der Waals surface area contributed by atoms with Crippen molar-refractivity contribution in [3.05, 3.63) is 41.5 Å². The smallest absolute Gasteiger partial charge is 0.328 e. The fraction of sp³-hybridized carbons (Fsp3) is 0.357. The molecule has 3 nitrogen and oxygen atoms in total. The van der Waals surface area contributed by atoms with Gasteiger partial charge in [-0.2, -0.15) is 0 Å². The van der Waals surface area contributed by atoms with Crippen LogP contribution < -0.4 is 4.74 Å². The summed E-state index contributed by atoms with van der Waals surface area (Å²) in [6, 6.07) is 7.69. The highest BCUT2D eigenvalue weighted by molar-refractivity contribution is 5.80. The summed E-state index contributed by atoms with van der Waals surface area (Å²) in [6.45, 7) is 3.99. The van der Waals surface area contributed by atoms with E-state index in [-0.39, 0.29) is 5.92 Å². The van der Waals surface area contributed by atoms with Crippen LogP contribution in [-0.2, 0) is 11.2 Å². The normalized spacial score (nSPS) is 11.6. The zero-order chi connectivity index (χ0) is 12.8. The monoisotopic (exact) mass is 234 g/mol. The van der Waals surface area contributed by atoms with E-state index in [0.29, 0.717) is 6.42 Å². The third kappa shape index (κ3) is 4.31. The summed E-state index contributed by atoms with van der Waals surface area (Å²) in [7, 11) is 1.62. The number of benzene rings is 1. The summed E-state index contributed by atoms with van der Waals surface area (Å²) in [5, 5.41) is 8.81. The van der Waals surface area contributed by atoms with Gasteiger partial charge in [0.2, 0.25) is 0 Å². The molecule has 0 bridgehead atoms. The number of ether oxygens (including phenoxy) is 1. The van der Waals surface area contributed by atoms with Gasteiger partial charge in [0, 0.05) is 6.08 Å². The number of carboxylic acid groups (broad SMARTS) is 1. The molecule has 0 aliphatic rings. The maximum atomic E-state index is 10.7. The molecule has 0 spiro atoms. The molecule has 1 aromatic carbocycles. The van der Waals surface area contributed by atoms with Gasteiger partial charge in [0.15, 0.2) is 0 Å². The lowest BCUT2D eigenvalue weighted by atomic mass is 9.95. The molecule has 1 aromatic rings. The van der Waals surface area contributed by atoms with Crippen molar-refractivity contribution in [3.63, 3.8) is 0 Å². The molecule has 0 radical (unpaired) electrons. The number of aliphatic carboxylic acids is 1. The minimum absolute atomic E-state index is 0.220. The molecular formula is C14H18O3. The van der Waals surface area contributed by atoms with Gasteiger partial charge in [-0.1, -0.05) is 31.6 Å². The lowest BCUT2D eigenvalue weighted by Gasteiger charge is -2.11. The Hall–Kier alpha value is -1.77. The molecule has 0 fully saturated rings. The van der Waals surface area contributed by atoms with Gasteiger partial charge >= 0.3 is 5.97 Å². The quantitative estimate of drug-likeness (QED) is 0.797. The Balaban J connectivity index is 2.90. The summed E-state index contributed by atoms with van der Waals surface area (Å²) in [4.78, 5) is 10.7. The highest BCUT2D eigenvalue weighted by atomic mass is 16.5. The molecular weight excluding hydrogens is 216 g/mol. The lowest BCUT2D eigenvalue weighted by molar-refractivity contribution is -0.131. The highest BCUT2D eigenvalue weighted by Crippen LogP contribution is 2.19. The second kappa shape index (κ2) is 6.09. The standard InChI is InChI=1S/C14H18O3/c1-10(2)12(9-14(15)16)7-11-5-4-6-13(8-11)17-3/h4-6,8-10H,7H2,1-3H3,(H,15,16)/b12-9-. The van der Waals surface area contributed by atoms with E-state index in [4.69, 9.17) is 9.84 Å². The SMILES string of the molecule is COc1cccc(C/C(=C/C(=O)O)C(C)C)c1. The maximum Gasteiger partial charge on any atom is 0.328 e. The van der Waals surface area contributed by atoms with Crippen LogP contribution in [0.15, 0.2) is 35.9 Å². The Morgan fingerprint density at radius 1 is 1.47 bits per heavy atom. The van der Waals surface area contributed by atoms with E-state index in [9.17, 15) is 4.79 Å². The van der Waals surface area contributed by atoms with Gasteiger partial charge in [-0.25, -0.2) is 4.79 Å². The second-order valence-electron chi connectivity index (χ2n) is 4.24. The second-order valence-corrected chi connectivity index (χ2v) is 4.24. The fourth-order valence-electron chi connectivity index (χ4n) is 1.60. The maximum absolute atomic E-state index is 10.7. The van der Waals surface area contributed by atoms with Gasteiger partial charge in [0.25, 0.3) is 0 Å². The van der Waals surface area contributed by atoms with Crippen LogP contribution in [0.4, 0.5) is 0 Å². The van der Waals surface area contributed by atoms with Gasteiger partial charge in [-0.15, -0.1) is 0 Å². The van der Waals surface area contributed by atoms with Crippen molar-refractivity contribution in [2.45, 2.75) is 20.3 Å². The zero-order valence-electron chi connectivity index (χ0n) is 10.4.